The maximum absolute atomic E-state index is 9.77. The Morgan fingerprint density at radius 3 is 2.13 bits per heavy atom. The maximum Gasteiger partial charge on any atom is 0.335 e. The zero-order valence-electron chi connectivity index (χ0n) is 13.3. The summed E-state index contributed by atoms with van der Waals surface area (Å²) >= 11 is 0. The van der Waals surface area contributed by atoms with Crippen LogP contribution in [0.3, 0.4) is 0 Å². The lowest BCUT2D eigenvalue weighted by molar-refractivity contribution is -0.165. The number of rotatable bonds is 8. The Morgan fingerprint density at radius 1 is 1.22 bits per heavy atom. The molecule has 1 aromatic heterocycles. The number of nitrogens with two attached hydrogens (primary N) is 1. The fourth-order valence-corrected chi connectivity index (χ4v) is 1.62. The monoisotopic (exact) mass is 331 g/mol. The van der Waals surface area contributed by atoms with Crippen molar-refractivity contribution in [3.05, 3.63) is 18.2 Å². The molecule has 0 saturated heterocycles. The van der Waals surface area contributed by atoms with Crippen molar-refractivity contribution in [2.75, 3.05) is 0 Å². The number of aliphatic hydroxyl groups is 2. The molecule has 0 bridgehead atoms. The van der Waals surface area contributed by atoms with E-state index in [0.717, 1.165) is 18.8 Å². The molecule has 0 fully saturated rings. The predicted octanol–water partition coefficient (Wildman–Crippen LogP) is -0.0296. The fourth-order valence-electron chi connectivity index (χ4n) is 1.62. The van der Waals surface area contributed by atoms with Gasteiger partial charge in [-0.3, -0.25) is 0 Å². The lowest BCUT2D eigenvalue weighted by Gasteiger charge is -2.11. The topological polar surface area (TPSA) is 159 Å². The highest BCUT2D eigenvalue weighted by Gasteiger charge is 2.29. The maximum atomic E-state index is 9.77. The van der Waals surface area contributed by atoms with Crippen molar-refractivity contribution >= 4 is 11.9 Å². The van der Waals surface area contributed by atoms with Crippen LogP contribution in [0.4, 0.5) is 0 Å². The Morgan fingerprint density at radius 2 is 1.74 bits per heavy atom. The van der Waals surface area contributed by atoms with E-state index < -0.39 is 24.1 Å². The summed E-state index contributed by atoms with van der Waals surface area (Å²) < 4.78 is 2.16. The van der Waals surface area contributed by atoms with Crippen molar-refractivity contribution in [3.8, 4) is 0 Å². The average molecular weight is 331 g/mol. The van der Waals surface area contributed by atoms with Gasteiger partial charge in [0.2, 0.25) is 0 Å². The molecule has 3 atom stereocenters. The molecule has 0 radical (unpaired) electrons. The molecule has 3 unspecified atom stereocenters. The number of carboxylic acid groups (broad SMARTS) is 2. The standard InChI is InChI=1S/C10H19N3.C4H6O6/c1-3-5-7-13-8-6-12-10(13)9(11)4-2;5-1(3(7)8)2(6)4(9)10/h6,8-9H,3-5,7,11H2,1-2H3;1-2,5-6H,(H,7,8)(H,9,10). The molecule has 0 aliphatic carbocycles. The molecular formula is C14H25N3O6. The molecule has 23 heavy (non-hydrogen) atoms. The number of aliphatic carboxylic acids is 2. The Hall–Kier alpha value is -1.97. The number of hydrogen-bond acceptors (Lipinski definition) is 6. The summed E-state index contributed by atoms with van der Waals surface area (Å²) in [4.78, 5) is 23.8. The second-order valence-electron chi connectivity index (χ2n) is 4.91. The zero-order valence-corrected chi connectivity index (χ0v) is 13.3. The van der Waals surface area contributed by atoms with Gasteiger partial charge in [0.25, 0.3) is 0 Å². The number of hydrogen-bond donors (Lipinski definition) is 5. The molecule has 9 heteroatoms. The van der Waals surface area contributed by atoms with Crippen LogP contribution in [0.5, 0.6) is 0 Å². The first-order valence-corrected chi connectivity index (χ1v) is 7.34. The van der Waals surface area contributed by atoms with Gasteiger partial charge in [0.05, 0.1) is 6.04 Å². The molecule has 1 heterocycles. The van der Waals surface area contributed by atoms with Crippen molar-refractivity contribution in [2.24, 2.45) is 5.73 Å². The van der Waals surface area contributed by atoms with Gasteiger partial charge in [0.15, 0.2) is 12.2 Å². The highest BCUT2D eigenvalue weighted by atomic mass is 16.4. The van der Waals surface area contributed by atoms with Crippen LogP contribution in [0.25, 0.3) is 0 Å². The van der Waals surface area contributed by atoms with E-state index >= 15 is 0 Å². The minimum atomic E-state index is -2.27. The van der Waals surface area contributed by atoms with Crippen LogP contribution in [0.15, 0.2) is 12.4 Å². The lowest BCUT2D eigenvalue weighted by Crippen LogP contribution is -2.39. The van der Waals surface area contributed by atoms with Crippen molar-refractivity contribution in [3.63, 3.8) is 0 Å². The van der Waals surface area contributed by atoms with E-state index in [9.17, 15) is 9.59 Å². The van der Waals surface area contributed by atoms with E-state index in [1.807, 2.05) is 12.4 Å². The molecule has 0 aliphatic heterocycles. The second kappa shape index (κ2) is 10.7. The van der Waals surface area contributed by atoms with Gasteiger partial charge >= 0.3 is 11.9 Å². The quantitative estimate of drug-likeness (QED) is 0.444. The summed E-state index contributed by atoms with van der Waals surface area (Å²) in [6.45, 7) is 5.32. The molecule has 1 rings (SSSR count). The van der Waals surface area contributed by atoms with Gasteiger partial charge in [-0.1, -0.05) is 20.3 Å². The van der Waals surface area contributed by atoms with Gasteiger partial charge in [-0.2, -0.15) is 0 Å². The normalized spacial score (nSPS) is 14.3. The lowest BCUT2D eigenvalue weighted by atomic mass is 10.2. The number of aryl methyl sites for hydroxylation is 1. The van der Waals surface area contributed by atoms with E-state index in [1.165, 1.54) is 12.8 Å². The van der Waals surface area contributed by atoms with Crippen LogP contribution in [-0.4, -0.2) is 54.1 Å². The summed E-state index contributed by atoms with van der Waals surface area (Å²) in [5, 5.41) is 32.5. The molecule has 0 amide bonds. The van der Waals surface area contributed by atoms with Gasteiger partial charge in [-0.25, -0.2) is 14.6 Å². The highest BCUT2D eigenvalue weighted by molar-refractivity contribution is 5.83. The minimum absolute atomic E-state index is 0.0897. The Labute approximate surface area is 134 Å². The van der Waals surface area contributed by atoms with Crippen LogP contribution in [0, 0.1) is 0 Å². The first kappa shape index (κ1) is 21.0. The third-order valence-electron chi connectivity index (χ3n) is 3.08. The van der Waals surface area contributed by atoms with E-state index in [0.29, 0.717) is 0 Å². The first-order valence-electron chi connectivity index (χ1n) is 7.34. The number of carbonyl (C=O) groups is 2. The molecular weight excluding hydrogens is 306 g/mol. The molecule has 0 aliphatic rings. The van der Waals surface area contributed by atoms with Crippen LogP contribution < -0.4 is 5.73 Å². The summed E-state index contributed by atoms with van der Waals surface area (Å²) in [7, 11) is 0. The van der Waals surface area contributed by atoms with Crippen LogP contribution in [-0.2, 0) is 16.1 Å². The molecule has 0 aromatic carbocycles. The first-order chi connectivity index (χ1) is 10.8. The third-order valence-corrected chi connectivity index (χ3v) is 3.08. The van der Waals surface area contributed by atoms with Crippen molar-refractivity contribution in [1.29, 1.82) is 0 Å². The summed E-state index contributed by atoms with van der Waals surface area (Å²) in [5.74, 6) is -2.51. The van der Waals surface area contributed by atoms with Crippen molar-refractivity contribution < 1.29 is 30.0 Å². The number of imidazole rings is 1. The Balaban J connectivity index is 0.000000438. The summed E-state index contributed by atoms with van der Waals surface area (Å²) in [6, 6.07) is 0.0897. The van der Waals surface area contributed by atoms with Crippen molar-refractivity contribution in [1.82, 2.24) is 9.55 Å². The summed E-state index contributed by atoms with van der Waals surface area (Å²) in [5.41, 5.74) is 5.93. The second-order valence-corrected chi connectivity index (χ2v) is 4.91. The van der Waals surface area contributed by atoms with Crippen LogP contribution >= 0.6 is 0 Å². The van der Waals surface area contributed by atoms with Gasteiger partial charge in [0, 0.05) is 18.9 Å². The smallest absolute Gasteiger partial charge is 0.335 e. The number of carboxylic acids is 2. The van der Waals surface area contributed by atoms with Gasteiger partial charge < -0.3 is 30.7 Å². The molecule has 132 valence electrons. The average Bonchev–Trinajstić information content (AvgIpc) is 2.99. The van der Waals surface area contributed by atoms with Crippen LogP contribution in [0.2, 0.25) is 0 Å². The van der Waals surface area contributed by atoms with Crippen LogP contribution in [0.1, 0.15) is 45.0 Å². The molecule has 0 spiro atoms. The number of aromatic nitrogens is 2. The van der Waals surface area contributed by atoms with Gasteiger partial charge in [-0.15, -0.1) is 0 Å². The molecule has 1 aromatic rings. The molecule has 9 nitrogen and oxygen atoms in total. The highest BCUT2D eigenvalue weighted by Crippen LogP contribution is 2.11. The number of nitrogens with zero attached hydrogens (tertiary/aromatic N) is 2. The van der Waals surface area contributed by atoms with E-state index in [1.54, 1.807) is 0 Å². The molecule has 6 N–H and O–H groups in total. The molecule has 0 saturated carbocycles. The largest absolute Gasteiger partial charge is 0.479 e. The number of unbranched alkanes of at least 4 members (excludes halogenated alkanes) is 1. The Bertz CT molecular complexity index is 473. The van der Waals surface area contributed by atoms with E-state index in [2.05, 4.69) is 23.4 Å². The number of aliphatic hydroxyl groups excluding tert-OH is 2. The minimum Gasteiger partial charge on any atom is -0.479 e. The third kappa shape index (κ3) is 7.22. The Kier molecular flexibility index (Phi) is 9.79. The predicted molar refractivity (Wildman–Crippen MR) is 81.6 cm³/mol. The van der Waals surface area contributed by atoms with E-state index in [-0.39, 0.29) is 6.04 Å². The van der Waals surface area contributed by atoms with Crippen molar-refractivity contribution in [2.45, 2.75) is 57.9 Å². The van der Waals surface area contributed by atoms with Gasteiger partial charge in [0.1, 0.15) is 5.82 Å². The summed E-state index contributed by atoms with van der Waals surface area (Å²) in [6.07, 6.45) is 2.66. The van der Waals surface area contributed by atoms with E-state index in [4.69, 9.17) is 26.2 Å². The fraction of sp³-hybridized carbons (Fsp3) is 0.643. The van der Waals surface area contributed by atoms with Gasteiger partial charge in [-0.05, 0) is 12.8 Å². The zero-order chi connectivity index (χ0) is 18.0. The SMILES string of the molecule is CCCCn1ccnc1C(N)CC.O=C(O)C(O)C(O)C(=O)O.